The molecule has 0 aliphatic rings. The van der Waals surface area contributed by atoms with Crippen molar-refractivity contribution in [3.63, 3.8) is 0 Å². The normalized spacial score (nSPS) is 12.3. The van der Waals surface area contributed by atoms with Crippen LogP contribution in [-0.2, 0) is 0 Å². The second-order valence-electron chi connectivity index (χ2n) is 3.43. The molecular formula is C12H11N3. The molecule has 1 aromatic carbocycles. The lowest BCUT2D eigenvalue weighted by molar-refractivity contribution is 0.746. The minimum atomic E-state index is -0.243. The van der Waals surface area contributed by atoms with Gasteiger partial charge >= 0.3 is 0 Å². The van der Waals surface area contributed by atoms with Crippen molar-refractivity contribution in [2.45, 2.75) is 12.5 Å². The molecule has 0 spiro atoms. The molecule has 0 saturated heterocycles. The van der Waals surface area contributed by atoms with Gasteiger partial charge in [0.25, 0.3) is 0 Å². The van der Waals surface area contributed by atoms with Crippen molar-refractivity contribution in [1.82, 2.24) is 4.98 Å². The Balaban J connectivity index is 2.43. The number of nitriles is 1. The van der Waals surface area contributed by atoms with Gasteiger partial charge in [0.1, 0.15) is 0 Å². The van der Waals surface area contributed by atoms with E-state index < -0.39 is 0 Å². The molecular weight excluding hydrogens is 186 g/mol. The van der Waals surface area contributed by atoms with Gasteiger partial charge in [-0.25, -0.2) is 0 Å². The van der Waals surface area contributed by atoms with Gasteiger partial charge in [0, 0.05) is 17.6 Å². The highest BCUT2D eigenvalue weighted by atomic mass is 14.7. The molecule has 1 unspecified atom stereocenters. The SMILES string of the molecule is N#CCC(N)c1cnc2ccccc2c1. The zero-order valence-electron chi connectivity index (χ0n) is 8.22. The van der Waals surface area contributed by atoms with Crippen LogP contribution in [0.15, 0.2) is 36.5 Å². The zero-order chi connectivity index (χ0) is 10.7. The molecule has 0 aliphatic heterocycles. The first kappa shape index (κ1) is 9.63. The maximum absolute atomic E-state index is 8.56. The second-order valence-corrected chi connectivity index (χ2v) is 3.43. The van der Waals surface area contributed by atoms with Gasteiger partial charge < -0.3 is 5.73 Å². The van der Waals surface area contributed by atoms with Crippen molar-refractivity contribution >= 4 is 10.9 Å². The molecule has 3 heteroatoms. The van der Waals surface area contributed by atoms with E-state index >= 15 is 0 Å². The minimum Gasteiger partial charge on any atom is -0.323 e. The third-order valence-corrected chi connectivity index (χ3v) is 2.35. The van der Waals surface area contributed by atoms with Gasteiger partial charge in [-0.15, -0.1) is 0 Å². The molecule has 1 aromatic heterocycles. The number of fused-ring (bicyclic) bond motifs is 1. The Bertz CT molecular complexity index is 514. The topological polar surface area (TPSA) is 62.7 Å². The van der Waals surface area contributed by atoms with E-state index in [1.165, 1.54) is 0 Å². The first-order valence-corrected chi connectivity index (χ1v) is 4.78. The average Bonchev–Trinajstić information content (AvgIpc) is 2.29. The monoisotopic (exact) mass is 197 g/mol. The Labute approximate surface area is 88.2 Å². The molecule has 2 N–H and O–H groups in total. The fourth-order valence-electron chi connectivity index (χ4n) is 1.51. The second kappa shape index (κ2) is 4.07. The lowest BCUT2D eigenvalue weighted by atomic mass is 10.1. The molecule has 3 nitrogen and oxygen atoms in total. The first-order valence-electron chi connectivity index (χ1n) is 4.78. The molecule has 1 heterocycles. The van der Waals surface area contributed by atoms with E-state index in [-0.39, 0.29) is 6.04 Å². The first-order chi connectivity index (χ1) is 7.31. The maximum Gasteiger partial charge on any atom is 0.0702 e. The van der Waals surface area contributed by atoms with Crippen molar-refractivity contribution in [3.8, 4) is 6.07 Å². The number of hydrogen-bond donors (Lipinski definition) is 1. The fraction of sp³-hybridized carbons (Fsp3) is 0.167. The molecule has 15 heavy (non-hydrogen) atoms. The number of benzene rings is 1. The predicted octanol–water partition coefficient (Wildman–Crippen LogP) is 2.15. The van der Waals surface area contributed by atoms with Gasteiger partial charge in [0.05, 0.1) is 18.0 Å². The van der Waals surface area contributed by atoms with Crippen LogP contribution < -0.4 is 5.73 Å². The molecule has 74 valence electrons. The standard InChI is InChI=1S/C12H11N3/c13-6-5-11(14)10-7-9-3-1-2-4-12(9)15-8-10/h1-4,7-8,11H,5,14H2. The number of para-hydroxylation sites is 1. The molecule has 0 fully saturated rings. The van der Waals surface area contributed by atoms with Crippen LogP contribution in [0.4, 0.5) is 0 Å². The Hall–Kier alpha value is -1.92. The van der Waals surface area contributed by atoms with Crippen LogP contribution in [0.25, 0.3) is 10.9 Å². The summed E-state index contributed by atoms with van der Waals surface area (Å²) >= 11 is 0. The molecule has 1 atom stereocenters. The third-order valence-electron chi connectivity index (χ3n) is 2.35. The van der Waals surface area contributed by atoms with E-state index in [1.807, 2.05) is 30.3 Å². The summed E-state index contributed by atoms with van der Waals surface area (Å²) in [5.74, 6) is 0. The highest BCUT2D eigenvalue weighted by Crippen LogP contribution is 2.18. The summed E-state index contributed by atoms with van der Waals surface area (Å²) in [6.07, 6.45) is 2.06. The highest BCUT2D eigenvalue weighted by Gasteiger charge is 2.06. The van der Waals surface area contributed by atoms with Crippen molar-refractivity contribution in [3.05, 3.63) is 42.1 Å². The van der Waals surface area contributed by atoms with Crippen LogP contribution in [0.2, 0.25) is 0 Å². The number of nitrogens with zero attached hydrogens (tertiary/aromatic N) is 2. The molecule has 0 amide bonds. The zero-order valence-corrected chi connectivity index (χ0v) is 8.22. The van der Waals surface area contributed by atoms with Gasteiger partial charge in [0.2, 0.25) is 0 Å². The van der Waals surface area contributed by atoms with E-state index in [9.17, 15) is 0 Å². The summed E-state index contributed by atoms with van der Waals surface area (Å²) in [5.41, 5.74) is 7.70. The fourth-order valence-corrected chi connectivity index (χ4v) is 1.51. The Morgan fingerprint density at radius 1 is 1.40 bits per heavy atom. The summed E-state index contributed by atoms with van der Waals surface area (Å²) in [7, 11) is 0. The van der Waals surface area contributed by atoms with Gasteiger partial charge in [0.15, 0.2) is 0 Å². The largest absolute Gasteiger partial charge is 0.323 e. The summed E-state index contributed by atoms with van der Waals surface area (Å²) in [6, 6.07) is 11.7. The summed E-state index contributed by atoms with van der Waals surface area (Å²) in [4.78, 5) is 4.30. The lowest BCUT2D eigenvalue weighted by Gasteiger charge is -2.07. The molecule has 0 radical (unpaired) electrons. The predicted molar refractivity (Wildman–Crippen MR) is 58.9 cm³/mol. The van der Waals surface area contributed by atoms with E-state index in [2.05, 4.69) is 11.1 Å². The number of hydrogen-bond acceptors (Lipinski definition) is 3. The summed E-state index contributed by atoms with van der Waals surface area (Å²) < 4.78 is 0. The van der Waals surface area contributed by atoms with Gasteiger partial charge in [-0.3, -0.25) is 4.98 Å². The van der Waals surface area contributed by atoms with Crippen molar-refractivity contribution in [1.29, 1.82) is 5.26 Å². The van der Waals surface area contributed by atoms with E-state index in [0.717, 1.165) is 16.5 Å². The quantitative estimate of drug-likeness (QED) is 0.802. The van der Waals surface area contributed by atoms with Crippen molar-refractivity contribution in [2.24, 2.45) is 5.73 Å². The van der Waals surface area contributed by atoms with E-state index in [1.54, 1.807) is 6.20 Å². The highest BCUT2D eigenvalue weighted by molar-refractivity contribution is 5.78. The van der Waals surface area contributed by atoms with Crippen LogP contribution in [0.5, 0.6) is 0 Å². The van der Waals surface area contributed by atoms with Crippen LogP contribution in [0.3, 0.4) is 0 Å². The summed E-state index contributed by atoms with van der Waals surface area (Å²) in [5, 5.41) is 9.62. The maximum atomic E-state index is 8.56. The lowest BCUT2D eigenvalue weighted by Crippen LogP contribution is -2.09. The Kier molecular flexibility index (Phi) is 2.61. The molecule has 2 rings (SSSR count). The number of rotatable bonds is 2. The number of nitrogens with two attached hydrogens (primary N) is 1. The van der Waals surface area contributed by atoms with Crippen LogP contribution in [-0.4, -0.2) is 4.98 Å². The van der Waals surface area contributed by atoms with Crippen molar-refractivity contribution < 1.29 is 0 Å². The van der Waals surface area contributed by atoms with Gasteiger partial charge in [-0.1, -0.05) is 18.2 Å². The van der Waals surface area contributed by atoms with Crippen LogP contribution >= 0.6 is 0 Å². The van der Waals surface area contributed by atoms with Crippen LogP contribution in [0.1, 0.15) is 18.0 Å². The smallest absolute Gasteiger partial charge is 0.0702 e. The van der Waals surface area contributed by atoms with E-state index in [0.29, 0.717) is 6.42 Å². The minimum absolute atomic E-state index is 0.243. The molecule has 0 bridgehead atoms. The number of pyridine rings is 1. The van der Waals surface area contributed by atoms with Gasteiger partial charge in [-0.2, -0.15) is 5.26 Å². The Morgan fingerprint density at radius 2 is 2.20 bits per heavy atom. The van der Waals surface area contributed by atoms with Crippen LogP contribution in [0, 0.1) is 11.3 Å². The third kappa shape index (κ3) is 1.95. The molecule has 0 aliphatic carbocycles. The number of aromatic nitrogens is 1. The van der Waals surface area contributed by atoms with Gasteiger partial charge in [-0.05, 0) is 17.7 Å². The van der Waals surface area contributed by atoms with E-state index in [4.69, 9.17) is 11.0 Å². The van der Waals surface area contributed by atoms with Crippen molar-refractivity contribution in [2.75, 3.05) is 0 Å². The Morgan fingerprint density at radius 3 is 3.00 bits per heavy atom. The molecule has 2 aromatic rings. The molecule has 0 saturated carbocycles. The average molecular weight is 197 g/mol. The summed E-state index contributed by atoms with van der Waals surface area (Å²) in [6.45, 7) is 0.